The number of benzene rings is 1. The molecule has 0 spiro atoms. The fraction of sp³-hybridized carbons (Fsp3) is 0.462. The third-order valence-corrected chi connectivity index (χ3v) is 5.28. The van der Waals surface area contributed by atoms with Gasteiger partial charge in [-0.05, 0) is 42.6 Å². The lowest BCUT2D eigenvalue weighted by molar-refractivity contribution is 0.0693. The van der Waals surface area contributed by atoms with Gasteiger partial charge in [-0.1, -0.05) is 13.8 Å². The SMILES string of the molecule is CC[C@@H](C)[S@@](=O)c1c(C(F)(F)Cl)ccc(C(=O)O)c1C. The van der Waals surface area contributed by atoms with Crippen LogP contribution >= 0.6 is 11.6 Å². The molecule has 1 aromatic rings. The Morgan fingerprint density at radius 3 is 2.45 bits per heavy atom. The summed E-state index contributed by atoms with van der Waals surface area (Å²) in [6.45, 7) is 4.79. The quantitative estimate of drug-likeness (QED) is 0.836. The third-order valence-electron chi connectivity index (χ3n) is 3.08. The highest BCUT2D eigenvalue weighted by molar-refractivity contribution is 7.85. The Kier molecular flexibility index (Phi) is 5.27. The van der Waals surface area contributed by atoms with Crippen LogP contribution in [-0.2, 0) is 16.2 Å². The smallest absolute Gasteiger partial charge is 0.349 e. The minimum absolute atomic E-state index is 0.0639. The topological polar surface area (TPSA) is 54.4 Å². The lowest BCUT2D eigenvalue weighted by Gasteiger charge is -2.19. The van der Waals surface area contributed by atoms with Gasteiger partial charge in [0.1, 0.15) is 0 Å². The van der Waals surface area contributed by atoms with Crippen molar-refractivity contribution < 1.29 is 22.9 Å². The molecule has 0 aromatic heterocycles. The summed E-state index contributed by atoms with van der Waals surface area (Å²) in [7, 11) is -1.75. The fourth-order valence-electron chi connectivity index (χ4n) is 1.76. The van der Waals surface area contributed by atoms with Crippen LogP contribution in [0.15, 0.2) is 17.0 Å². The maximum Gasteiger partial charge on any atom is 0.349 e. The maximum atomic E-state index is 13.4. The summed E-state index contributed by atoms with van der Waals surface area (Å²) in [6, 6.07) is 1.99. The van der Waals surface area contributed by atoms with Gasteiger partial charge in [0, 0.05) is 5.25 Å². The van der Waals surface area contributed by atoms with Gasteiger partial charge in [0.25, 0.3) is 0 Å². The molecule has 0 bridgehead atoms. The summed E-state index contributed by atoms with van der Waals surface area (Å²) < 4.78 is 39.2. The van der Waals surface area contributed by atoms with Gasteiger partial charge in [0.15, 0.2) is 0 Å². The Hall–Kier alpha value is -1.01. The van der Waals surface area contributed by atoms with Crippen LogP contribution in [-0.4, -0.2) is 20.5 Å². The highest BCUT2D eigenvalue weighted by Gasteiger charge is 2.35. The number of halogens is 3. The summed E-state index contributed by atoms with van der Waals surface area (Å²) in [6.07, 6.45) is 0.511. The molecule has 7 heteroatoms. The zero-order chi connectivity index (χ0) is 15.7. The number of carboxylic acids is 1. The Bertz CT molecular complexity index is 555. The van der Waals surface area contributed by atoms with E-state index in [9.17, 15) is 17.8 Å². The Balaban J connectivity index is 3.62. The van der Waals surface area contributed by atoms with Crippen molar-refractivity contribution in [3.05, 3.63) is 28.8 Å². The van der Waals surface area contributed by atoms with Crippen LogP contribution in [0.3, 0.4) is 0 Å². The van der Waals surface area contributed by atoms with Crippen molar-refractivity contribution in [2.24, 2.45) is 0 Å². The highest BCUT2D eigenvalue weighted by atomic mass is 35.5. The monoisotopic (exact) mass is 324 g/mol. The van der Waals surface area contributed by atoms with Crippen molar-refractivity contribution in [3.63, 3.8) is 0 Å². The second kappa shape index (κ2) is 6.18. The maximum absolute atomic E-state index is 13.4. The molecule has 0 aliphatic carbocycles. The van der Waals surface area contributed by atoms with Crippen LogP contribution in [0.2, 0.25) is 0 Å². The van der Waals surface area contributed by atoms with Crippen molar-refractivity contribution in [1.82, 2.24) is 0 Å². The Morgan fingerprint density at radius 1 is 1.50 bits per heavy atom. The second-order valence-electron chi connectivity index (χ2n) is 4.43. The van der Waals surface area contributed by atoms with E-state index in [1.54, 1.807) is 13.8 Å². The van der Waals surface area contributed by atoms with Gasteiger partial charge in [0.05, 0.1) is 26.8 Å². The van der Waals surface area contributed by atoms with Crippen molar-refractivity contribution in [1.29, 1.82) is 0 Å². The van der Waals surface area contributed by atoms with E-state index in [-0.39, 0.29) is 21.3 Å². The van der Waals surface area contributed by atoms with E-state index in [0.29, 0.717) is 6.42 Å². The molecule has 0 aliphatic heterocycles. The number of aromatic carboxylic acids is 1. The van der Waals surface area contributed by atoms with Gasteiger partial charge in [-0.25, -0.2) is 4.79 Å². The molecule has 3 nitrogen and oxygen atoms in total. The van der Waals surface area contributed by atoms with Gasteiger partial charge in [-0.15, -0.1) is 0 Å². The van der Waals surface area contributed by atoms with Crippen molar-refractivity contribution in [3.8, 4) is 0 Å². The molecular weight excluding hydrogens is 310 g/mol. The van der Waals surface area contributed by atoms with Crippen molar-refractivity contribution in [2.45, 2.75) is 42.7 Å². The van der Waals surface area contributed by atoms with E-state index < -0.39 is 27.7 Å². The van der Waals surface area contributed by atoms with Crippen LogP contribution in [0.25, 0.3) is 0 Å². The fourth-order valence-corrected chi connectivity index (χ4v) is 3.50. The van der Waals surface area contributed by atoms with Crippen LogP contribution in [0.1, 0.15) is 41.8 Å². The van der Waals surface area contributed by atoms with Crippen molar-refractivity contribution in [2.75, 3.05) is 0 Å². The average molecular weight is 325 g/mol. The lowest BCUT2D eigenvalue weighted by Crippen LogP contribution is -2.18. The molecule has 0 saturated heterocycles. The molecule has 0 heterocycles. The van der Waals surface area contributed by atoms with Crippen LogP contribution < -0.4 is 0 Å². The zero-order valence-electron chi connectivity index (χ0n) is 11.2. The van der Waals surface area contributed by atoms with E-state index >= 15 is 0 Å². The van der Waals surface area contributed by atoms with E-state index in [2.05, 4.69) is 0 Å². The molecule has 1 N–H and O–H groups in total. The standard InChI is InChI=1S/C13H15ClF2O3S/c1-4-7(2)20(19)11-8(3)9(12(17)18)5-6-10(11)13(14,15)16/h5-7H,4H2,1-3H3,(H,17,18)/t7-,20-/m1/s1. The van der Waals surface area contributed by atoms with E-state index in [1.165, 1.54) is 6.92 Å². The second-order valence-corrected chi connectivity index (χ2v) is 6.72. The highest BCUT2D eigenvalue weighted by Crippen LogP contribution is 2.39. The summed E-state index contributed by atoms with van der Waals surface area (Å²) in [5.74, 6) is -1.26. The summed E-state index contributed by atoms with van der Waals surface area (Å²) in [5.41, 5.74) is -0.685. The summed E-state index contributed by atoms with van der Waals surface area (Å²) >= 11 is 5.04. The summed E-state index contributed by atoms with van der Waals surface area (Å²) in [4.78, 5) is 10.9. The normalized spacial score (nSPS) is 14.9. The Morgan fingerprint density at radius 2 is 2.05 bits per heavy atom. The molecular formula is C13H15ClF2O3S. The molecule has 0 saturated carbocycles. The van der Waals surface area contributed by atoms with Gasteiger partial charge >= 0.3 is 11.4 Å². The predicted molar refractivity (Wildman–Crippen MR) is 74.0 cm³/mol. The predicted octanol–water partition coefficient (Wildman–Crippen LogP) is 3.89. The van der Waals surface area contributed by atoms with Crippen LogP contribution in [0.4, 0.5) is 8.78 Å². The number of carbonyl (C=O) groups is 1. The minimum Gasteiger partial charge on any atom is -0.478 e. The van der Waals surface area contributed by atoms with Crippen LogP contribution in [0, 0.1) is 6.92 Å². The molecule has 0 unspecified atom stereocenters. The number of hydrogen-bond acceptors (Lipinski definition) is 2. The van der Waals surface area contributed by atoms with Gasteiger partial charge < -0.3 is 5.11 Å². The molecule has 1 aromatic carbocycles. The third kappa shape index (κ3) is 3.35. The van der Waals surface area contributed by atoms with Gasteiger partial charge in [-0.3, -0.25) is 4.21 Å². The molecule has 0 amide bonds. The number of carboxylic acid groups (broad SMARTS) is 1. The number of hydrogen-bond donors (Lipinski definition) is 1. The number of rotatable bonds is 5. The first-order valence-electron chi connectivity index (χ1n) is 5.95. The van der Waals surface area contributed by atoms with Gasteiger partial charge in [-0.2, -0.15) is 8.78 Å². The van der Waals surface area contributed by atoms with Gasteiger partial charge in [0.2, 0.25) is 0 Å². The minimum atomic E-state index is -3.69. The molecule has 0 radical (unpaired) electrons. The molecule has 20 heavy (non-hydrogen) atoms. The average Bonchev–Trinajstić information content (AvgIpc) is 2.34. The molecule has 0 fully saturated rings. The van der Waals surface area contributed by atoms with E-state index in [0.717, 1.165) is 12.1 Å². The lowest BCUT2D eigenvalue weighted by atomic mass is 10.0. The molecule has 2 atom stereocenters. The Labute approximate surface area is 123 Å². The van der Waals surface area contributed by atoms with Crippen molar-refractivity contribution >= 4 is 28.4 Å². The van der Waals surface area contributed by atoms with Crippen LogP contribution in [0.5, 0.6) is 0 Å². The first-order chi connectivity index (χ1) is 9.11. The van der Waals surface area contributed by atoms with E-state index in [4.69, 9.17) is 16.7 Å². The zero-order valence-corrected chi connectivity index (χ0v) is 12.8. The first kappa shape index (κ1) is 17.0. The molecule has 1 rings (SSSR count). The largest absolute Gasteiger partial charge is 0.478 e. The van der Waals surface area contributed by atoms with E-state index in [1.807, 2.05) is 0 Å². The molecule has 112 valence electrons. The summed E-state index contributed by atoms with van der Waals surface area (Å²) in [5, 5.41) is 4.97. The number of alkyl halides is 3. The first-order valence-corrected chi connectivity index (χ1v) is 7.55. The molecule has 0 aliphatic rings.